The van der Waals surface area contributed by atoms with Crippen molar-refractivity contribution in [3.05, 3.63) is 34.8 Å². The normalized spacial score (nSPS) is 52.7. The van der Waals surface area contributed by atoms with Gasteiger partial charge in [0.1, 0.15) is 5.78 Å². The highest BCUT2D eigenvalue weighted by atomic mass is 16.6. The molecule has 1 N–H and O–H groups in total. The first kappa shape index (κ1) is 26.5. The van der Waals surface area contributed by atoms with Gasteiger partial charge in [0, 0.05) is 28.8 Å². The first-order valence-corrected chi connectivity index (χ1v) is 14.8. The highest BCUT2D eigenvalue weighted by molar-refractivity contribution is 5.96. The zero-order chi connectivity index (χ0) is 27.7. The minimum Gasteiger partial charge on any atom is -0.370 e. The predicted octanol–water partition coefficient (Wildman–Crippen LogP) is 6.67. The van der Waals surface area contributed by atoms with Crippen molar-refractivity contribution in [2.45, 2.75) is 106 Å². The van der Waals surface area contributed by atoms with Crippen LogP contribution in [0.2, 0.25) is 0 Å². The SMILES string of the molecule is [C-]#[N+]C1=C[C@]2(C)C3=CC(=O)[C@@H]4[C@@H]5CC(C)(C)CC[C@]5(C(C)=O)CC[C@@]4(C)[C@]3(C)CC[C@H]2[C@]2(C)CCOC12O. The summed E-state index contributed by atoms with van der Waals surface area (Å²) < 4.78 is 5.90. The summed E-state index contributed by atoms with van der Waals surface area (Å²) in [5, 5.41) is 11.7. The molecule has 5 aliphatic carbocycles. The first-order valence-electron chi connectivity index (χ1n) is 14.8. The number of hydrogen-bond acceptors (Lipinski definition) is 4. The van der Waals surface area contributed by atoms with Gasteiger partial charge in [-0.25, -0.2) is 4.85 Å². The Balaban J connectivity index is 1.54. The number of Topliss-reactive ketones (excluding diaryl/α,β-unsaturated/α-hetero) is 1. The molecule has 1 aliphatic heterocycles. The van der Waals surface area contributed by atoms with E-state index in [0.29, 0.717) is 13.0 Å². The third-order valence-corrected chi connectivity index (χ3v) is 13.7. The molecule has 0 aromatic carbocycles. The summed E-state index contributed by atoms with van der Waals surface area (Å²) in [6, 6.07) is 0. The molecular formula is C33H45NO4. The Kier molecular flexibility index (Phi) is 5.21. The zero-order valence-corrected chi connectivity index (χ0v) is 24.4. The van der Waals surface area contributed by atoms with Gasteiger partial charge in [-0.3, -0.25) is 9.59 Å². The van der Waals surface area contributed by atoms with E-state index in [-0.39, 0.29) is 56.7 Å². The molecule has 6 rings (SSSR count). The molecular weight excluding hydrogens is 474 g/mol. The number of nitrogens with zero attached hydrogens (tertiary/aromatic N) is 1. The van der Waals surface area contributed by atoms with Crippen LogP contribution in [0.1, 0.15) is 99.8 Å². The number of ketones is 2. The number of hydrogen-bond donors (Lipinski definition) is 1. The first-order chi connectivity index (χ1) is 17.5. The minimum absolute atomic E-state index is 0.0710. The number of fused-ring (bicyclic) bond motifs is 9. The van der Waals surface area contributed by atoms with Crippen molar-refractivity contribution < 1.29 is 19.4 Å². The van der Waals surface area contributed by atoms with Crippen LogP contribution in [0.3, 0.4) is 0 Å². The molecule has 0 aromatic heterocycles. The Morgan fingerprint density at radius 2 is 1.71 bits per heavy atom. The second-order valence-corrected chi connectivity index (χ2v) is 15.6. The lowest BCUT2D eigenvalue weighted by Crippen LogP contribution is -2.66. The highest BCUT2D eigenvalue weighted by Gasteiger charge is 2.73. The monoisotopic (exact) mass is 519 g/mol. The number of ether oxygens (including phenoxy) is 1. The maximum atomic E-state index is 14.5. The second kappa shape index (κ2) is 7.49. The predicted molar refractivity (Wildman–Crippen MR) is 145 cm³/mol. The molecule has 1 saturated heterocycles. The van der Waals surface area contributed by atoms with Crippen molar-refractivity contribution in [2.24, 2.45) is 50.2 Å². The Hall–Kier alpha value is -1.77. The van der Waals surface area contributed by atoms with Crippen molar-refractivity contribution in [3.8, 4) is 0 Å². The maximum absolute atomic E-state index is 14.5. The minimum atomic E-state index is -1.56. The van der Waals surface area contributed by atoms with Gasteiger partial charge in [0.15, 0.2) is 5.78 Å². The van der Waals surface area contributed by atoms with E-state index in [1.165, 1.54) is 0 Å². The van der Waals surface area contributed by atoms with Gasteiger partial charge in [0.2, 0.25) is 11.5 Å². The van der Waals surface area contributed by atoms with E-state index in [0.717, 1.165) is 50.5 Å². The Labute approximate surface area is 228 Å². The van der Waals surface area contributed by atoms with Crippen LogP contribution < -0.4 is 0 Å². The van der Waals surface area contributed by atoms with E-state index in [1.807, 2.05) is 12.2 Å². The van der Waals surface area contributed by atoms with Gasteiger partial charge >= 0.3 is 0 Å². The van der Waals surface area contributed by atoms with Gasteiger partial charge in [-0.15, -0.1) is 0 Å². The molecule has 0 radical (unpaired) electrons. The van der Waals surface area contributed by atoms with Crippen molar-refractivity contribution in [3.63, 3.8) is 0 Å². The number of aliphatic hydroxyl groups is 1. The third-order valence-electron chi connectivity index (χ3n) is 13.7. The van der Waals surface area contributed by atoms with E-state index in [4.69, 9.17) is 11.3 Å². The van der Waals surface area contributed by atoms with Crippen LogP contribution in [0.15, 0.2) is 23.4 Å². The van der Waals surface area contributed by atoms with E-state index < -0.39 is 16.6 Å². The number of allylic oxidation sites excluding steroid dienone is 3. The van der Waals surface area contributed by atoms with E-state index in [2.05, 4.69) is 46.4 Å². The van der Waals surface area contributed by atoms with Gasteiger partial charge in [0.05, 0.1) is 6.57 Å². The quantitative estimate of drug-likeness (QED) is 0.393. The molecule has 0 bridgehead atoms. The molecule has 206 valence electrons. The number of carbonyl (C=O) groups excluding carboxylic acids is 2. The summed E-state index contributed by atoms with van der Waals surface area (Å²) >= 11 is 0. The standard InChI is InChI=1S/C33H45NO4/c1-20(35)32-13-11-27(2,3)18-21(32)26-22(36)17-24-28(4)19-25(34-8)33(37)30(6,15-16-38-33)23(28)9-10-29(24,5)31(26,7)12-14-32/h17,19,21,23,26,37H,9-16,18H2,1-7H3/t21-,23+,26-,28-,29+,30-,31+,32+,33?/m0/s1. The molecule has 3 saturated carbocycles. The van der Waals surface area contributed by atoms with Gasteiger partial charge in [-0.2, -0.15) is 0 Å². The fourth-order valence-corrected chi connectivity index (χ4v) is 11.2. The summed E-state index contributed by atoms with van der Waals surface area (Å²) in [5.41, 5.74) is -0.418. The van der Waals surface area contributed by atoms with Crippen LogP contribution in [0.4, 0.5) is 0 Å². The number of carbonyl (C=O) groups is 2. The van der Waals surface area contributed by atoms with E-state index >= 15 is 0 Å². The lowest BCUT2D eigenvalue weighted by molar-refractivity contribution is -0.230. The van der Waals surface area contributed by atoms with Gasteiger partial charge in [-0.05, 0) is 92.4 Å². The van der Waals surface area contributed by atoms with Crippen LogP contribution in [0.25, 0.3) is 4.85 Å². The summed E-state index contributed by atoms with van der Waals surface area (Å²) in [4.78, 5) is 31.6. The fraction of sp³-hybridized carbons (Fsp3) is 0.788. The lowest BCUT2D eigenvalue weighted by Gasteiger charge is -2.69. The molecule has 9 atom stereocenters. The Bertz CT molecular complexity index is 1240. The molecule has 1 heterocycles. The van der Waals surface area contributed by atoms with Crippen molar-refractivity contribution in [1.82, 2.24) is 0 Å². The Morgan fingerprint density at radius 3 is 2.37 bits per heavy atom. The second-order valence-electron chi connectivity index (χ2n) is 15.6. The van der Waals surface area contributed by atoms with E-state index in [1.54, 1.807) is 6.92 Å². The average Bonchev–Trinajstić information content (AvgIpc) is 3.14. The fourth-order valence-electron chi connectivity index (χ4n) is 11.2. The highest BCUT2D eigenvalue weighted by Crippen LogP contribution is 2.76. The van der Waals surface area contributed by atoms with Crippen LogP contribution in [-0.2, 0) is 14.3 Å². The van der Waals surface area contributed by atoms with Crippen LogP contribution >= 0.6 is 0 Å². The van der Waals surface area contributed by atoms with Crippen LogP contribution in [0, 0.1) is 56.8 Å². The Morgan fingerprint density at radius 1 is 1.03 bits per heavy atom. The topological polar surface area (TPSA) is 68.0 Å². The molecule has 38 heavy (non-hydrogen) atoms. The average molecular weight is 520 g/mol. The summed E-state index contributed by atoms with van der Waals surface area (Å²) in [5.74, 6) is -1.12. The largest absolute Gasteiger partial charge is 0.370 e. The summed E-state index contributed by atoms with van der Waals surface area (Å²) in [6.07, 6.45) is 11.1. The summed E-state index contributed by atoms with van der Waals surface area (Å²) in [6.45, 7) is 23.8. The molecule has 0 amide bonds. The third kappa shape index (κ3) is 2.80. The number of rotatable bonds is 1. The molecule has 6 aliphatic rings. The van der Waals surface area contributed by atoms with Crippen LogP contribution in [-0.4, -0.2) is 29.1 Å². The maximum Gasteiger partial charge on any atom is 0.220 e. The molecule has 1 unspecified atom stereocenters. The van der Waals surface area contributed by atoms with E-state index in [9.17, 15) is 14.7 Å². The molecule has 0 aromatic rings. The van der Waals surface area contributed by atoms with Gasteiger partial charge < -0.3 is 9.84 Å². The van der Waals surface area contributed by atoms with Crippen molar-refractivity contribution in [1.29, 1.82) is 0 Å². The summed E-state index contributed by atoms with van der Waals surface area (Å²) in [7, 11) is 0. The van der Waals surface area contributed by atoms with Gasteiger partial charge in [-0.1, -0.05) is 53.2 Å². The lowest BCUT2D eigenvalue weighted by atomic mass is 9.34. The molecule has 5 nitrogen and oxygen atoms in total. The molecule has 4 fully saturated rings. The van der Waals surface area contributed by atoms with Crippen molar-refractivity contribution >= 4 is 11.6 Å². The smallest absolute Gasteiger partial charge is 0.220 e. The van der Waals surface area contributed by atoms with Gasteiger partial charge in [0.25, 0.3) is 0 Å². The zero-order valence-electron chi connectivity index (χ0n) is 24.4. The van der Waals surface area contributed by atoms with Crippen molar-refractivity contribution in [2.75, 3.05) is 6.61 Å². The molecule has 0 spiro atoms. The molecule has 5 heteroatoms. The van der Waals surface area contributed by atoms with Crippen LogP contribution in [0.5, 0.6) is 0 Å².